The van der Waals surface area contributed by atoms with Gasteiger partial charge in [-0.2, -0.15) is 0 Å². The molecule has 0 aliphatic carbocycles. The van der Waals surface area contributed by atoms with Crippen molar-refractivity contribution in [3.8, 4) is 0 Å². The Morgan fingerprint density at radius 3 is 1.97 bits per heavy atom. The van der Waals surface area contributed by atoms with Crippen molar-refractivity contribution in [2.45, 2.75) is 26.7 Å². The first-order valence-electron chi connectivity index (χ1n) is 8.67. The molecule has 10 nitrogen and oxygen atoms in total. The standard InChI is InChI=1S/C17H19I3N2O8S/c1-3-22(8(2)23)16-13(19)11(17(27)28)12(18)15(14(16)20)21-9(24)4-6-31(29,30)7-5-10(25)26/h3-7H2,1-2H3,(H,21,24)(H,25,26)(H,27,28). The summed E-state index contributed by atoms with van der Waals surface area (Å²) in [5.74, 6) is -4.60. The zero-order valence-corrected chi connectivity index (χ0v) is 23.7. The molecule has 172 valence electrons. The number of carboxylic acid groups (broad SMARTS) is 2. The van der Waals surface area contributed by atoms with Crippen molar-refractivity contribution < 1.29 is 37.8 Å². The van der Waals surface area contributed by atoms with Gasteiger partial charge in [-0.3, -0.25) is 14.4 Å². The Morgan fingerprint density at radius 2 is 1.52 bits per heavy atom. The summed E-state index contributed by atoms with van der Waals surface area (Å²) in [6, 6.07) is 0. The number of hydrogen-bond donors (Lipinski definition) is 3. The molecular weight excluding hydrogens is 773 g/mol. The third-order valence-corrected chi connectivity index (χ3v) is 8.84. The number of aromatic carboxylic acids is 1. The molecule has 2 amide bonds. The van der Waals surface area contributed by atoms with E-state index in [1.54, 1.807) is 29.5 Å². The fourth-order valence-electron chi connectivity index (χ4n) is 2.52. The number of nitrogens with zero attached hydrogens (tertiary/aromatic N) is 1. The van der Waals surface area contributed by atoms with Gasteiger partial charge in [0.2, 0.25) is 11.8 Å². The second-order valence-corrected chi connectivity index (χ2v) is 11.7. The predicted molar refractivity (Wildman–Crippen MR) is 139 cm³/mol. The molecule has 0 radical (unpaired) electrons. The van der Waals surface area contributed by atoms with E-state index in [9.17, 15) is 32.7 Å². The molecule has 0 bridgehead atoms. The van der Waals surface area contributed by atoms with Crippen LogP contribution in [0.3, 0.4) is 0 Å². The van der Waals surface area contributed by atoms with E-state index in [0.717, 1.165) is 0 Å². The zero-order valence-electron chi connectivity index (χ0n) is 16.4. The molecule has 1 aromatic rings. The fraction of sp³-hybridized carbons (Fsp3) is 0.412. The number of carbonyl (C=O) groups excluding carboxylic acids is 2. The van der Waals surface area contributed by atoms with E-state index in [-0.39, 0.29) is 27.3 Å². The van der Waals surface area contributed by atoms with E-state index in [1.165, 1.54) is 11.8 Å². The van der Waals surface area contributed by atoms with Gasteiger partial charge in [-0.05, 0) is 74.7 Å². The minimum atomic E-state index is -3.74. The van der Waals surface area contributed by atoms with E-state index in [4.69, 9.17) is 5.11 Å². The number of carbonyl (C=O) groups is 4. The molecule has 14 heteroatoms. The molecule has 0 spiro atoms. The van der Waals surface area contributed by atoms with E-state index < -0.39 is 52.0 Å². The van der Waals surface area contributed by atoms with Gasteiger partial charge in [0.05, 0.1) is 45.6 Å². The third-order valence-electron chi connectivity index (χ3n) is 4.01. The highest BCUT2D eigenvalue weighted by Crippen LogP contribution is 2.40. The number of aliphatic carboxylic acids is 1. The summed E-state index contributed by atoms with van der Waals surface area (Å²) in [7, 11) is -3.74. The van der Waals surface area contributed by atoms with E-state index in [0.29, 0.717) is 12.8 Å². The molecular formula is C17H19I3N2O8S. The quantitative estimate of drug-likeness (QED) is 0.306. The second kappa shape index (κ2) is 11.9. The summed E-state index contributed by atoms with van der Waals surface area (Å²) in [6.45, 7) is 3.34. The smallest absolute Gasteiger partial charge is 0.338 e. The Hall–Kier alpha value is -0.760. The lowest BCUT2D eigenvalue weighted by Crippen LogP contribution is -2.31. The summed E-state index contributed by atoms with van der Waals surface area (Å²) < 4.78 is 24.8. The third kappa shape index (κ3) is 7.65. The molecule has 0 unspecified atom stereocenters. The molecule has 0 saturated heterocycles. The molecule has 0 fully saturated rings. The van der Waals surface area contributed by atoms with Crippen molar-refractivity contribution in [1.82, 2.24) is 0 Å². The number of rotatable bonds is 10. The highest BCUT2D eigenvalue weighted by Gasteiger charge is 2.29. The van der Waals surface area contributed by atoms with Crippen molar-refractivity contribution in [3.05, 3.63) is 16.3 Å². The largest absolute Gasteiger partial charge is 0.481 e. The summed E-state index contributed by atoms with van der Waals surface area (Å²) in [6.07, 6.45) is -0.984. The van der Waals surface area contributed by atoms with Crippen LogP contribution < -0.4 is 10.2 Å². The van der Waals surface area contributed by atoms with Crippen molar-refractivity contribution >= 4 is 113 Å². The van der Waals surface area contributed by atoms with Gasteiger partial charge in [-0.15, -0.1) is 0 Å². The van der Waals surface area contributed by atoms with Crippen LogP contribution >= 0.6 is 67.8 Å². The van der Waals surface area contributed by atoms with Gasteiger partial charge in [0.15, 0.2) is 9.84 Å². The Labute approximate surface area is 219 Å². The van der Waals surface area contributed by atoms with Gasteiger partial charge in [-0.1, -0.05) is 0 Å². The van der Waals surface area contributed by atoms with E-state index in [2.05, 4.69) is 5.32 Å². The summed E-state index contributed by atoms with van der Waals surface area (Å²) in [5, 5.41) is 20.8. The van der Waals surface area contributed by atoms with Crippen LogP contribution in [0.25, 0.3) is 0 Å². The molecule has 0 heterocycles. The first-order chi connectivity index (χ1) is 14.2. The predicted octanol–water partition coefficient (Wildman–Crippen LogP) is 2.79. The molecule has 0 atom stereocenters. The first-order valence-corrected chi connectivity index (χ1v) is 13.7. The highest BCUT2D eigenvalue weighted by molar-refractivity contribution is 14.1. The molecule has 0 aliphatic heterocycles. The number of benzene rings is 1. The molecule has 1 rings (SSSR count). The molecule has 0 saturated carbocycles. The number of sulfone groups is 1. The molecule has 31 heavy (non-hydrogen) atoms. The maximum Gasteiger partial charge on any atom is 0.338 e. The van der Waals surface area contributed by atoms with Crippen LogP contribution in [0.4, 0.5) is 11.4 Å². The van der Waals surface area contributed by atoms with Crippen LogP contribution in [0, 0.1) is 10.7 Å². The number of hydrogen-bond acceptors (Lipinski definition) is 6. The maximum absolute atomic E-state index is 12.4. The number of halogens is 3. The number of amides is 2. The van der Waals surface area contributed by atoms with Crippen molar-refractivity contribution in [2.24, 2.45) is 0 Å². The lowest BCUT2D eigenvalue weighted by molar-refractivity contribution is -0.136. The van der Waals surface area contributed by atoms with Gasteiger partial charge in [-0.25, -0.2) is 13.2 Å². The average molecular weight is 792 g/mol. The second-order valence-electron chi connectivity index (χ2n) is 6.20. The van der Waals surface area contributed by atoms with Crippen LogP contribution in [0.1, 0.15) is 37.0 Å². The van der Waals surface area contributed by atoms with Crippen molar-refractivity contribution in [3.63, 3.8) is 0 Å². The summed E-state index contributed by atoms with van der Waals surface area (Å²) in [4.78, 5) is 48.3. The Kier molecular flexibility index (Phi) is 10.9. The monoisotopic (exact) mass is 792 g/mol. The van der Waals surface area contributed by atoms with Crippen LogP contribution in [-0.2, 0) is 24.2 Å². The molecule has 1 aromatic carbocycles. The van der Waals surface area contributed by atoms with Gasteiger partial charge in [0, 0.05) is 19.9 Å². The lowest BCUT2D eigenvalue weighted by atomic mass is 10.1. The fourth-order valence-corrected chi connectivity index (χ4v) is 8.18. The van der Waals surface area contributed by atoms with Gasteiger partial charge in [0.25, 0.3) is 0 Å². The first kappa shape index (κ1) is 28.3. The summed E-state index contributed by atoms with van der Waals surface area (Å²) in [5.41, 5.74) is 0.431. The average Bonchev–Trinajstić information content (AvgIpc) is 2.65. The van der Waals surface area contributed by atoms with Crippen LogP contribution in [0.5, 0.6) is 0 Å². The zero-order chi connectivity index (χ0) is 24.1. The van der Waals surface area contributed by atoms with Crippen molar-refractivity contribution in [1.29, 1.82) is 0 Å². The topological polar surface area (TPSA) is 158 Å². The van der Waals surface area contributed by atoms with E-state index >= 15 is 0 Å². The Balaban J connectivity index is 3.32. The number of anilines is 2. The van der Waals surface area contributed by atoms with Crippen LogP contribution in [0.2, 0.25) is 0 Å². The lowest BCUT2D eigenvalue weighted by Gasteiger charge is -2.26. The van der Waals surface area contributed by atoms with Crippen LogP contribution in [-0.4, -0.2) is 60.4 Å². The Morgan fingerprint density at radius 1 is 0.968 bits per heavy atom. The van der Waals surface area contributed by atoms with Crippen LogP contribution in [0.15, 0.2) is 0 Å². The van der Waals surface area contributed by atoms with Crippen molar-refractivity contribution in [2.75, 3.05) is 28.3 Å². The van der Waals surface area contributed by atoms with Gasteiger partial charge in [0.1, 0.15) is 0 Å². The summed E-state index contributed by atoms with van der Waals surface area (Å²) >= 11 is 5.54. The minimum Gasteiger partial charge on any atom is -0.481 e. The normalized spacial score (nSPS) is 11.1. The maximum atomic E-state index is 12.4. The number of nitrogens with one attached hydrogen (secondary N) is 1. The van der Waals surface area contributed by atoms with Gasteiger partial charge >= 0.3 is 11.9 Å². The highest BCUT2D eigenvalue weighted by atomic mass is 127. The van der Waals surface area contributed by atoms with E-state index in [1.807, 2.05) is 45.2 Å². The minimum absolute atomic E-state index is 0.0827. The number of carboxylic acids is 2. The molecule has 3 N–H and O–H groups in total. The van der Waals surface area contributed by atoms with Gasteiger partial charge < -0.3 is 20.4 Å². The molecule has 0 aliphatic rings. The molecule has 0 aromatic heterocycles. The Bertz CT molecular complexity index is 1030. The SMILES string of the molecule is CCN(C(C)=O)c1c(I)c(NC(=O)CCS(=O)(=O)CCC(=O)O)c(I)c(C(=O)O)c1I.